The predicted octanol–water partition coefficient (Wildman–Crippen LogP) is 3.08. The third kappa shape index (κ3) is 3.42. The van der Waals surface area contributed by atoms with Gasteiger partial charge in [0.1, 0.15) is 5.69 Å². The smallest absolute Gasteiger partial charge is 0.315 e. The SMILES string of the molecule is O=C(NCc1cccnc1-c1ccco1)NC1CCCC1. The Bertz CT molecular complexity index is 589. The van der Waals surface area contributed by atoms with Gasteiger partial charge in [0.2, 0.25) is 0 Å². The lowest BCUT2D eigenvalue weighted by atomic mass is 10.1. The molecule has 0 aromatic carbocycles. The van der Waals surface area contributed by atoms with Gasteiger partial charge in [-0.15, -0.1) is 0 Å². The van der Waals surface area contributed by atoms with E-state index in [4.69, 9.17) is 4.42 Å². The van der Waals surface area contributed by atoms with Crippen molar-refractivity contribution in [1.82, 2.24) is 15.6 Å². The van der Waals surface area contributed by atoms with E-state index >= 15 is 0 Å². The topological polar surface area (TPSA) is 67.2 Å². The number of amides is 2. The zero-order valence-corrected chi connectivity index (χ0v) is 11.8. The Morgan fingerprint density at radius 2 is 2.14 bits per heavy atom. The monoisotopic (exact) mass is 285 g/mol. The molecular formula is C16H19N3O2. The number of rotatable bonds is 4. The summed E-state index contributed by atoms with van der Waals surface area (Å²) >= 11 is 0. The fourth-order valence-electron chi connectivity index (χ4n) is 2.70. The molecule has 2 heterocycles. The van der Waals surface area contributed by atoms with Crippen molar-refractivity contribution in [3.63, 3.8) is 0 Å². The van der Waals surface area contributed by atoms with E-state index < -0.39 is 0 Å². The van der Waals surface area contributed by atoms with Crippen LogP contribution in [0.1, 0.15) is 31.2 Å². The lowest BCUT2D eigenvalue weighted by Gasteiger charge is -2.13. The van der Waals surface area contributed by atoms with E-state index in [1.807, 2.05) is 24.3 Å². The molecule has 21 heavy (non-hydrogen) atoms. The van der Waals surface area contributed by atoms with Crippen LogP contribution in [-0.2, 0) is 6.54 Å². The summed E-state index contributed by atoms with van der Waals surface area (Å²) in [6, 6.07) is 7.71. The number of carbonyl (C=O) groups is 1. The molecule has 1 saturated carbocycles. The Balaban J connectivity index is 1.61. The van der Waals surface area contributed by atoms with Gasteiger partial charge in [-0.2, -0.15) is 0 Å². The van der Waals surface area contributed by atoms with Crippen LogP contribution in [0.25, 0.3) is 11.5 Å². The molecule has 2 amide bonds. The largest absolute Gasteiger partial charge is 0.463 e. The molecule has 2 N–H and O–H groups in total. The highest BCUT2D eigenvalue weighted by atomic mass is 16.3. The Morgan fingerprint density at radius 3 is 2.90 bits per heavy atom. The van der Waals surface area contributed by atoms with Gasteiger partial charge in [-0.05, 0) is 31.0 Å². The minimum absolute atomic E-state index is 0.115. The molecule has 3 rings (SSSR count). The first kappa shape index (κ1) is 13.7. The van der Waals surface area contributed by atoms with Crippen molar-refractivity contribution < 1.29 is 9.21 Å². The third-order valence-corrected chi connectivity index (χ3v) is 3.78. The fourth-order valence-corrected chi connectivity index (χ4v) is 2.70. The van der Waals surface area contributed by atoms with E-state index in [9.17, 15) is 4.79 Å². The highest BCUT2D eigenvalue weighted by molar-refractivity contribution is 5.74. The summed E-state index contributed by atoms with van der Waals surface area (Å²) in [6.07, 6.45) is 7.91. The Hall–Kier alpha value is -2.30. The molecule has 0 spiro atoms. The van der Waals surface area contributed by atoms with Crippen molar-refractivity contribution in [2.75, 3.05) is 0 Å². The van der Waals surface area contributed by atoms with Crippen LogP contribution in [0, 0.1) is 0 Å². The second-order valence-corrected chi connectivity index (χ2v) is 5.30. The fraction of sp³-hybridized carbons (Fsp3) is 0.375. The van der Waals surface area contributed by atoms with Crippen molar-refractivity contribution in [3.8, 4) is 11.5 Å². The summed E-state index contributed by atoms with van der Waals surface area (Å²) in [5.41, 5.74) is 1.71. The molecule has 2 aromatic heterocycles. The van der Waals surface area contributed by atoms with Crippen LogP contribution in [0.4, 0.5) is 4.79 Å². The van der Waals surface area contributed by atoms with E-state index in [2.05, 4.69) is 15.6 Å². The van der Waals surface area contributed by atoms with E-state index in [1.54, 1.807) is 12.5 Å². The van der Waals surface area contributed by atoms with Crippen molar-refractivity contribution in [2.45, 2.75) is 38.3 Å². The summed E-state index contributed by atoms with van der Waals surface area (Å²) in [6.45, 7) is 0.433. The Kier molecular flexibility index (Phi) is 4.19. The molecule has 0 saturated heterocycles. The molecule has 1 aliphatic rings. The maximum Gasteiger partial charge on any atom is 0.315 e. The normalized spacial score (nSPS) is 15.0. The molecule has 5 nitrogen and oxygen atoms in total. The Morgan fingerprint density at radius 1 is 1.29 bits per heavy atom. The van der Waals surface area contributed by atoms with E-state index in [0.29, 0.717) is 18.3 Å². The maximum absolute atomic E-state index is 11.9. The Labute approximate surface area is 123 Å². The maximum atomic E-state index is 11.9. The summed E-state index contributed by atoms with van der Waals surface area (Å²) in [5.74, 6) is 0.712. The average Bonchev–Trinajstić information content (AvgIpc) is 3.18. The number of hydrogen-bond donors (Lipinski definition) is 2. The molecular weight excluding hydrogens is 266 g/mol. The van der Waals surface area contributed by atoms with Gasteiger partial charge in [0.05, 0.1) is 6.26 Å². The van der Waals surface area contributed by atoms with Gasteiger partial charge in [0.25, 0.3) is 0 Å². The average molecular weight is 285 g/mol. The van der Waals surface area contributed by atoms with Crippen LogP contribution in [0.3, 0.4) is 0 Å². The van der Waals surface area contributed by atoms with Crippen LogP contribution in [0.2, 0.25) is 0 Å². The van der Waals surface area contributed by atoms with Gasteiger partial charge in [-0.3, -0.25) is 4.98 Å². The minimum atomic E-state index is -0.115. The molecule has 0 unspecified atom stereocenters. The number of urea groups is 1. The van der Waals surface area contributed by atoms with E-state index in [0.717, 1.165) is 24.1 Å². The van der Waals surface area contributed by atoms with Crippen LogP contribution < -0.4 is 10.6 Å². The molecule has 0 bridgehead atoms. The molecule has 1 aliphatic carbocycles. The van der Waals surface area contributed by atoms with Gasteiger partial charge in [-0.25, -0.2) is 4.79 Å². The molecule has 5 heteroatoms. The standard InChI is InChI=1S/C16H19N3O2/c20-16(19-13-6-1-2-7-13)18-11-12-5-3-9-17-15(12)14-8-4-10-21-14/h3-5,8-10,13H,1-2,6-7,11H2,(H2,18,19,20). The number of pyridine rings is 1. The zero-order chi connectivity index (χ0) is 14.5. The van der Waals surface area contributed by atoms with Crippen molar-refractivity contribution in [3.05, 3.63) is 42.3 Å². The van der Waals surface area contributed by atoms with Gasteiger partial charge >= 0.3 is 6.03 Å². The number of furan rings is 1. The lowest BCUT2D eigenvalue weighted by molar-refractivity contribution is 0.236. The summed E-state index contributed by atoms with van der Waals surface area (Å²) in [5, 5.41) is 5.91. The van der Waals surface area contributed by atoms with Gasteiger partial charge in [0.15, 0.2) is 5.76 Å². The second-order valence-electron chi connectivity index (χ2n) is 5.30. The van der Waals surface area contributed by atoms with Crippen molar-refractivity contribution >= 4 is 6.03 Å². The van der Waals surface area contributed by atoms with Gasteiger partial charge < -0.3 is 15.1 Å². The van der Waals surface area contributed by atoms with Crippen LogP contribution >= 0.6 is 0 Å². The van der Waals surface area contributed by atoms with Crippen LogP contribution in [0.15, 0.2) is 41.1 Å². The second kappa shape index (κ2) is 6.43. The molecule has 0 aliphatic heterocycles. The molecule has 0 radical (unpaired) electrons. The number of carbonyl (C=O) groups excluding carboxylic acids is 1. The molecule has 110 valence electrons. The quantitative estimate of drug-likeness (QED) is 0.907. The summed E-state index contributed by atoms with van der Waals surface area (Å²) in [7, 11) is 0. The van der Waals surface area contributed by atoms with Crippen molar-refractivity contribution in [2.24, 2.45) is 0 Å². The molecule has 1 fully saturated rings. The van der Waals surface area contributed by atoms with Gasteiger partial charge in [-0.1, -0.05) is 18.9 Å². The third-order valence-electron chi connectivity index (χ3n) is 3.78. The van der Waals surface area contributed by atoms with E-state index in [-0.39, 0.29) is 6.03 Å². The van der Waals surface area contributed by atoms with Crippen molar-refractivity contribution in [1.29, 1.82) is 0 Å². The first-order chi connectivity index (χ1) is 10.3. The number of nitrogens with one attached hydrogen (secondary N) is 2. The van der Waals surface area contributed by atoms with Gasteiger partial charge in [0, 0.05) is 24.3 Å². The highest BCUT2D eigenvalue weighted by Gasteiger charge is 2.17. The summed E-state index contributed by atoms with van der Waals surface area (Å²) < 4.78 is 5.38. The number of nitrogens with zero attached hydrogens (tertiary/aromatic N) is 1. The lowest BCUT2D eigenvalue weighted by Crippen LogP contribution is -2.40. The number of hydrogen-bond acceptors (Lipinski definition) is 3. The van der Waals surface area contributed by atoms with Crippen LogP contribution in [0.5, 0.6) is 0 Å². The first-order valence-corrected chi connectivity index (χ1v) is 7.35. The van der Waals surface area contributed by atoms with Crippen LogP contribution in [-0.4, -0.2) is 17.1 Å². The first-order valence-electron chi connectivity index (χ1n) is 7.35. The molecule has 0 atom stereocenters. The van der Waals surface area contributed by atoms with E-state index in [1.165, 1.54) is 12.8 Å². The highest BCUT2D eigenvalue weighted by Crippen LogP contribution is 2.21. The molecule has 2 aromatic rings. The zero-order valence-electron chi connectivity index (χ0n) is 11.8. The minimum Gasteiger partial charge on any atom is -0.463 e. The number of aromatic nitrogens is 1. The predicted molar refractivity (Wildman–Crippen MR) is 79.6 cm³/mol. The summed E-state index contributed by atoms with van der Waals surface area (Å²) in [4.78, 5) is 16.2.